The fraction of sp³-hybridized carbons (Fsp3) is 0.800. The van der Waals surface area contributed by atoms with Gasteiger partial charge in [-0.1, -0.05) is 0 Å². The fourth-order valence-electron chi connectivity index (χ4n) is 1.69. The molecule has 2 aliphatic heterocycles. The molecule has 4 nitrogen and oxygen atoms in total. The summed E-state index contributed by atoms with van der Waals surface area (Å²) < 4.78 is 10.1. The number of aliphatic hydroxyl groups excluding tert-OH is 1. The van der Waals surface area contributed by atoms with E-state index in [9.17, 15) is 10.2 Å². The molecule has 0 aromatic heterocycles. The molecule has 2 saturated heterocycles. The molecule has 2 fully saturated rings. The summed E-state index contributed by atoms with van der Waals surface area (Å²) in [6.07, 6.45) is 2.65. The Morgan fingerprint density at radius 2 is 1.79 bits per heavy atom. The molecule has 2 N–H and O–H groups in total. The minimum Gasteiger partial charge on any atom is -0.510 e. The highest BCUT2D eigenvalue weighted by molar-refractivity contribution is 5.11. The molecule has 2 rings (SSSR count). The van der Waals surface area contributed by atoms with Gasteiger partial charge in [-0.05, 0) is 13.0 Å². The fourth-order valence-corrected chi connectivity index (χ4v) is 1.69. The Balaban J connectivity index is 1.99. The van der Waals surface area contributed by atoms with Crippen LogP contribution in [0.2, 0.25) is 0 Å². The van der Waals surface area contributed by atoms with Crippen LogP contribution >= 0.6 is 0 Å². The number of allylic oxidation sites excluding steroid dienone is 1. The van der Waals surface area contributed by atoms with Gasteiger partial charge in [-0.3, -0.25) is 0 Å². The zero-order valence-corrected chi connectivity index (χ0v) is 8.27. The van der Waals surface area contributed by atoms with Crippen molar-refractivity contribution in [3.8, 4) is 0 Å². The summed E-state index contributed by atoms with van der Waals surface area (Å²) >= 11 is 0. The van der Waals surface area contributed by atoms with Crippen LogP contribution in [0.1, 0.15) is 19.8 Å². The smallest absolute Gasteiger partial charge is 0.126 e. The Hall–Kier alpha value is -0.580. The molecule has 14 heavy (non-hydrogen) atoms. The second-order valence-corrected chi connectivity index (χ2v) is 4.02. The summed E-state index contributed by atoms with van der Waals surface area (Å²) in [6, 6.07) is 0. The molecule has 4 heteroatoms. The number of rotatable bonds is 5. The van der Waals surface area contributed by atoms with E-state index in [1.54, 1.807) is 6.92 Å². The van der Waals surface area contributed by atoms with Crippen LogP contribution in [0.4, 0.5) is 0 Å². The van der Waals surface area contributed by atoms with Crippen LogP contribution < -0.4 is 0 Å². The van der Waals surface area contributed by atoms with E-state index in [0.29, 0.717) is 26.1 Å². The van der Waals surface area contributed by atoms with Gasteiger partial charge in [-0.25, -0.2) is 0 Å². The molecule has 0 aromatic rings. The maximum Gasteiger partial charge on any atom is 0.126 e. The molecule has 0 saturated carbocycles. The van der Waals surface area contributed by atoms with Gasteiger partial charge in [0.15, 0.2) is 0 Å². The second kappa shape index (κ2) is 3.53. The minimum absolute atomic E-state index is 0.0310. The van der Waals surface area contributed by atoms with Crippen LogP contribution in [0.15, 0.2) is 11.8 Å². The number of epoxide rings is 2. The molecular formula is C10H16O4. The van der Waals surface area contributed by atoms with Crippen LogP contribution in [0.5, 0.6) is 0 Å². The summed E-state index contributed by atoms with van der Waals surface area (Å²) in [5.74, 6) is 0.0310. The average molecular weight is 200 g/mol. The van der Waals surface area contributed by atoms with E-state index < -0.39 is 5.60 Å². The van der Waals surface area contributed by atoms with E-state index in [1.807, 2.05) is 0 Å². The lowest BCUT2D eigenvalue weighted by molar-refractivity contribution is 0.00715. The van der Waals surface area contributed by atoms with Crippen LogP contribution in [0.25, 0.3) is 0 Å². The Morgan fingerprint density at radius 3 is 2.07 bits per heavy atom. The highest BCUT2D eigenvalue weighted by Gasteiger charge is 2.43. The third kappa shape index (κ3) is 2.26. The van der Waals surface area contributed by atoms with E-state index in [-0.39, 0.29) is 18.0 Å². The Kier molecular flexibility index (Phi) is 2.51. The van der Waals surface area contributed by atoms with Gasteiger partial charge in [-0.2, -0.15) is 0 Å². The van der Waals surface area contributed by atoms with Crippen molar-refractivity contribution in [1.82, 2.24) is 0 Å². The van der Waals surface area contributed by atoms with Crippen LogP contribution in [0, 0.1) is 0 Å². The summed E-state index contributed by atoms with van der Waals surface area (Å²) in [5.41, 5.74) is -1.16. The Labute approximate surface area is 83.1 Å². The monoisotopic (exact) mass is 200 g/mol. The lowest BCUT2D eigenvalue weighted by Gasteiger charge is -2.26. The molecule has 0 aromatic carbocycles. The maximum atomic E-state index is 10.2. The molecule has 2 aliphatic rings. The minimum atomic E-state index is -1.16. The first-order valence-electron chi connectivity index (χ1n) is 4.95. The van der Waals surface area contributed by atoms with Crippen molar-refractivity contribution in [2.75, 3.05) is 13.2 Å². The van der Waals surface area contributed by atoms with Gasteiger partial charge in [0.2, 0.25) is 0 Å². The Morgan fingerprint density at radius 1 is 1.36 bits per heavy atom. The number of ether oxygens (including phenoxy) is 2. The molecule has 2 atom stereocenters. The molecule has 2 heterocycles. The number of aliphatic hydroxyl groups is 2. The number of hydrogen-bond acceptors (Lipinski definition) is 4. The first-order valence-corrected chi connectivity index (χ1v) is 4.95. The third-order valence-corrected chi connectivity index (χ3v) is 2.69. The summed E-state index contributed by atoms with van der Waals surface area (Å²) in [7, 11) is 0. The predicted molar refractivity (Wildman–Crippen MR) is 50.0 cm³/mol. The lowest BCUT2D eigenvalue weighted by atomic mass is 9.90. The van der Waals surface area contributed by atoms with Crippen molar-refractivity contribution in [3.63, 3.8) is 0 Å². The van der Waals surface area contributed by atoms with E-state index in [4.69, 9.17) is 9.47 Å². The van der Waals surface area contributed by atoms with Gasteiger partial charge in [0.1, 0.15) is 11.4 Å². The van der Waals surface area contributed by atoms with Gasteiger partial charge < -0.3 is 19.7 Å². The number of hydrogen-bond donors (Lipinski definition) is 2. The quantitative estimate of drug-likeness (QED) is 0.508. The molecule has 2 unspecified atom stereocenters. The third-order valence-electron chi connectivity index (χ3n) is 2.69. The molecule has 0 spiro atoms. The zero-order valence-electron chi connectivity index (χ0n) is 8.27. The standard InChI is InChI=1S/C10H16O4/c1-2-9(11)10(12,3-7-5-13-7)4-8-6-14-8/h2,7-8,11-12H,3-6H2,1H3. The largest absolute Gasteiger partial charge is 0.510 e. The molecule has 0 radical (unpaired) electrons. The molecule has 0 amide bonds. The lowest BCUT2D eigenvalue weighted by Crippen LogP contribution is -2.34. The van der Waals surface area contributed by atoms with Gasteiger partial charge >= 0.3 is 0 Å². The SMILES string of the molecule is CC=C(O)C(O)(CC1CO1)CC1CO1. The van der Waals surface area contributed by atoms with Gasteiger partial charge in [0.25, 0.3) is 0 Å². The molecule has 80 valence electrons. The first-order chi connectivity index (χ1) is 6.64. The predicted octanol–water partition coefficient (Wildman–Crippen LogP) is 0.757. The van der Waals surface area contributed by atoms with Crippen LogP contribution in [-0.4, -0.2) is 41.2 Å². The molecular weight excluding hydrogens is 184 g/mol. The van der Waals surface area contributed by atoms with Crippen molar-refractivity contribution in [3.05, 3.63) is 11.8 Å². The van der Waals surface area contributed by atoms with E-state index >= 15 is 0 Å². The average Bonchev–Trinajstić information content (AvgIpc) is 2.99. The van der Waals surface area contributed by atoms with E-state index in [2.05, 4.69) is 0 Å². The molecule has 0 bridgehead atoms. The van der Waals surface area contributed by atoms with Crippen molar-refractivity contribution < 1.29 is 19.7 Å². The second-order valence-electron chi connectivity index (χ2n) is 4.02. The van der Waals surface area contributed by atoms with Crippen LogP contribution in [-0.2, 0) is 9.47 Å². The highest BCUT2D eigenvalue weighted by Crippen LogP contribution is 2.34. The van der Waals surface area contributed by atoms with Crippen molar-refractivity contribution in [2.45, 2.75) is 37.6 Å². The Bertz CT molecular complexity index is 227. The maximum absolute atomic E-state index is 10.2. The first kappa shape index (κ1) is 9.96. The van der Waals surface area contributed by atoms with E-state index in [0.717, 1.165) is 0 Å². The summed E-state index contributed by atoms with van der Waals surface area (Å²) in [4.78, 5) is 0. The normalized spacial score (nSPS) is 35.1. The zero-order chi connectivity index (χ0) is 10.2. The van der Waals surface area contributed by atoms with Gasteiger partial charge in [0, 0.05) is 12.8 Å². The van der Waals surface area contributed by atoms with Gasteiger partial charge in [-0.15, -0.1) is 0 Å². The van der Waals surface area contributed by atoms with Crippen molar-refractivity contribution in [1.29, 1.82) is 0 Å². The van der Waals surface area contributed by atoms with E-state index in [1.165, 1.54) is 6.08 Å². The highest BCUT2D eigenvalue weighted by atomic mass is 16.6. The van der Waals surface area contributed by atoms with Gasteiger partial charge in [0.05, 0.1) is 25.4 Å². The summed E-state index contributed by atoms with van der Waals surface area (Å²) in [6.45, 7) is 3.08. The van der Waals surface area contributed by atoms with Crippen LogP contribution in [0.3, 0.4) is 0 Å². The van der Waals surface area contributed by atoms with Crippen molar-refractivity contribution >= 4 is 0 Å². The van der Waals surface area contributed by atoms with Crippen molar-refractivity contribution in [2.24, 2.45) is 0 Å². The molecule has 0 aliphatic carbocycles. The summed E-state index contributed by atoms with van der Waals surface area (Å²) in [5, 5.41) is 19.9. The topological polar surface area (TPSA) is 65.5 Å².